The van der Waals surface area contributed by atoms with Crippen molar-refractivity contribution >= 4 is 11.8 Å². The summed E-state index contributed by atoms with van der Waals surface area (Å²) >= 11 is 0. The molecule has 2 fully saturated rings. The van der Waals surface area contributed by atoms with Gasteiger partial charge in [-0.05, 0) is 43.5 Å². The highest BCUT2D eigenvalue weighted by Gasteiger charge is 2.42. The van der Waals surface area contributed by atoms with Gasteiger partial charge in [0.05, 0.1) is 13.0 Å². The average molecular weight is 378 g/mol. The van der Waals surface area contributed by atoms with E-state index < -0.39 is 0 Å². The Balaban J connectivity index is 1.61. The van der Waals surface area contributed by atoms with Crippen LogP contribution < -0.4 is 10.1 Å². The second-order valence-electron chi connectivity index (χ2n) is 7.81. The lowest BCUT2D eigenvalue weighted by molar-refractivity contribution is -0.125. The molecule has 5 nitrogen and oxygen atoms in total. The zero-order chi connectivity index (χ0) is 19.7. The SMILES string of the molecule is COc1ccccc1[C@H]1CN(C(=O)c2ccc(C)cc2)C[C@@H]1C(=O)NC1CC1. The number of para-hydroxylation sites is 1. The summed E-state index contributed by atoms with van der Waals surface area (Å²) in [6.45, 7) is 2.93. The highest BCUT2D eigenvalue weighted by molar-refractivity contribution is 5.95. The molecule has 0 spiro atoms. The molecule has 1 saturated heterocycles. The van der Waals surface area contributed by atoms with E-state index in [4.69, 9.17) is 4.74 Å². The van der Waals surface area contributed by atoms with Crippen LogP contribution in [0.4, 0.5) is 0 Å². The molecule has 146 valence electrons. The Kier molecular flexibility index (Phi) is 5.07. The molecule has 1 N–H and O–H groups in total. The van der Waals surface area contributed by atoms with Gasteiger partial charge in [0.2, 0.25) is 5.91 Å². The number of nitrogens with one attached hydrogen (secondary N) is 1. The van der Waals surface area contributed by atoms with E-state index in [0.29, 0.717) is 24.7 Å². The number of hydrogen-bond donors (Lipinski definition) is 1. The molecule has 2 aromatic carbocycles. The Morgan fingerprint density at radius 3 is 2.43 bits per heavy atom. The van der Waals surface area contributed by atoms with Gasteiger partial charge in [-0.3, -0.25) is 9.59 Å². The predicted octanol–water partition coefficient (Wildman–Crippen LogP) is 3.14. The summed E-state index contributed by atoms with van der Waals surface area (Å²) in [4.78, 5) is 27.8. The van der Waals surface area contributed by atoms with E-state index in [0.717, 1.165) is 29.7 Å². The van der Waals surface area contributed by atoms with Gasteiger partial charge in [-0.1, -0.05) is 35.9 Å². The molecule has 5 heteroatoms. The van der Waals surface area contributed by atoms with Crippen molar-refractivity contribution < 1.29 is 14.3 Å². The van der Waals surface area contributed by atoms with Gasteiger partial charge in [-0.2, -0.15) is 0 Å². The van der Waals surface area contributed by atoms with Crippen molar-refractivity contribution in [2.24, 2.45) is 5.92 Å². The first-order valence-electron chi connectivity index (χ1n) is 9.86. The number of hydrogen-bond acceptors (Lipinski definition) is 3. The molecule has 28 heavy (non-hydrogen) atoms. The van der Waals surface area contributed by atoms with Crippen LogP contribution in [-0.2, 0) is 4.79 Å². The highest BCUT2D eigenvalue weighted by atomic mass is 16.5. The molecule has 0 aromatic heterocycles. The normalized spacial score (nSPS) is 21.4. The number of ether oxygens (including phenoxy) is 1. The topological polar surface area (TPSA) is 58.6 Å². The van der Waals surface area contributed by atoms with Gasteiger partial charge in [0.15, 0.2) is 0 Å². The van der Waals surface area contributed by atoms with Gasteiger partial charge in [0, 0.05) is 30.6 Å². The molecule has 1 aliphatic heterocycles. The lowest BCUT2D eigenvalue weighted by atomic mass is 9.87. The Hall–Kier alpha value is -2.82. The minimum Gasteiger partial charge on any atom is -0.496 e. The minimum atomic E-state index is -0.272. The van der Waals surface area contributed by atoms with Crippen molar-refractivity contribution in [3.05, 3.63) is 65.2 Å². The van der Waals surface area contributed by atoms with Gasteiger partial charge >= 0.3 is 0 Å². The van der Waals surface area contributed by atoms with Gasteiger partial charge < -0.3 is 15.0 Å². The third-order valence-electron chi connectivity index (χ3n) is 5.70. The van der Waals surface area contributed by atoms with Crippen LogP contribution in [-0.4, -0.2) is 43.0 Å². The third kappa shape index (κ3) is 3.75. The molecule has 1 aliphatic carbocycles. The maximum Gasteiger partial charge on any atom is 0.253 e. The molecule has 0 bridgehead atoms. The van der Waals surface area contributed by atoms with E-state index >= 15 is 0 Å². The van der Waals surface area contributed by atoms with Crippen LogP contribution in [0.3, 0.4) is 0 Å². The Bertz CT molecular complexity index is 874. The third-order valence-corrected chi connectivity index (χ3v) is 5.70. The summed E-state index contributed by atoms with van der Waals surface area (Å²) in [7, 11) is 1.64. The molecule has 1 saturated carbocycles. The second-order valence-corrected chi connectivity index (χ2v) is 7.81. The first kappa shape index (κ1) is 18.5. The molecule has 2 aromatic rings. The number of likely N-dealkylation sites (tertiary alicyclic amines) is 1. The Morgan fingerprint density at radius 2 is 1.75 bits per heavy atom. The zero-order valence-electron chi connectivity index (χ0n) is 16.4. The second kappa shape index (κ2) is 7.66. The molecule has 0 unspecified atom stereocenters. The minimum absolute atomic E-state index is 0.0263. The quantitative estimate of drug-likeness (QED) is 0.870. The van der Waals surface area contributed by atoms with Gasteiger partial charge in [0.25, 0.3) is 5.91 Å². The van der Waals surface area contributed by atoms with Crippen LogP contribution in [0.5, 0.6) is 5.75 Å². The standard InChI is InChI=1S/C23H26N2O3/c1-15-7-9-16(10-8-15)23(27)25-13-19(18-5-3-4-6-21(18)28-2)20(14-25)22(26)24-17-11-12-17/h3-10,17,19-20H,11-14H2,1-2H3,(H,24,26)/t19-,20+/m1/s1. The summed E-state index contributed by atoms with van der Waals surface area (Å²) in [5, 5.41) is 3.12. The largest absolute Gasteiger partial charge is 0.496 e. The molecular weight excluding hydrogens is 352 g/mol. The van der Waals surface area contributed by atoms with Crippen LogP contribution in [0.1, 0.15) is 40.2 Å². The summed E-state index contributed by atoms with van der Waals surface area (Å²) < 4.78 is 5.54. The van der Waals surface area contributed by atoms with Gasteiger partial charge in [0.1, 0.15) is 5.75 Å². The summed E-state index contributed by atoms with van der Waals surface area (Å²) in [6, 6.07) is 15.7. The number of aryl methyl sites for hydroxylation is 1. The maximum absolute atomic E-state index is 13.1. The number of amides is 2. The fourth-order valence-corrected chi connectivity index (χ4v) is 3.94. The summed E-state index contributed by atoms with van der Waals surface area (Å²) in [5.74, 6) is 0.427. The Labute approximate surface area is 165 Å². The van der Waals surface area contributed by atoms with Gasteiger partial charge in [-0.15, -0.1) is 0 Å². The van der Waals surface area contributed by atoms with Crippen molar-refractivity contribution in [1.29, 1.82) is 0 Å². The fraction of sp³-hybridized carbons (Fsp3) is 0.391. The molecule has 2 aliphatic rings. The first-order valence-corrected chi connectivity index (χ1v) is 9.86. The maximum atomic E-state index is 13.1. The highest BCUT2D eigenvalue weighted by Crippen LogP contribution is 2.38. The van der Waals surface area contributed by atoms with Gasteiger partial charge in [-0.25, -0.2) is 0 Å². The molecule has 0 radical (unpaired) electrons. The van der Waals surface area contributed by atoms with Crippen molar-refractivity contribution in [2.75, 3.05) is 20.2 Å². The van der Waals surface area contributed by atoms with Crippen LogP contribution in [0.25, 0.3) is 0 Å². The fourth-order valence-electron chi connectivity index (χ4n) is 3.94. The van der Waals surface area contributed by atoms with Crippen molar-refractivity contribution in [2.45, 2.75) is 31.7 Å². The summed E-state index contributed by atoms with van der Waals surface area (Å²) in [6.07, 6.45) is 2.09. The number of nitrogens with zero attached hydrogens (tertiary/aromatic N) is 1. The van der Waals surface area contributed by atoms with E-state index in [1.807, 2.05) is 55.5 Å². The van der Waals surface area contributed by atoms with E-state index in [9.17, 15) is 9.59 Å². The summed E-state index contributed by atoms with van der Waals surface area (Å²) in [5.41, 5.74) is 2.76. The molecule has 2 atom stereocenters. The molecule has 1 heterocycles. The van der Waals surface area contributed by atoms with Crippen LogP contribution in [0.2, 0.25) is 0 Å². The lowest BCUT2D eigenvalue weighted by Crippen LogP contribution is -2.36. The number of methoxy groups -OCH3 is 1. The van der Waals surface area contributed by atoms with Crippen molar-refractivity contribution in [3.8, 4) is 5.75 Å². The zero-order valence-corrected chi connectivity index (χ0v) is 16.4. The van der Waals surface area contributed by atoms with Crippen molar-refractivity contribution in [3.63, 3.8) is 0 Å². The lowest BCUT2D eigenvalue weighted by Gasteiger charge is -2.20. The van der Waals surface area contributed by atoms with E-state index in [1.165, 1.54) is 0 Å². The van der Waals surface area contributed by atoms with E-state index in [1.54, 1.807) is 12.0 Å². The molecule has 2 amide bonds. The van der Waals surface area contributed by atoms with E-state index in [2.05, 4.69) is 5.32 Å². The monoisotopic (exact) mass is 378 g/mol. The predicted molar refractivity (Wildman–Crippen MR) is 107 cm³/mol. The van der Waals surface area contributed by atoms with E-state index in [-0.39, 0.29) is 23.7 Å². The first-order chi connectivity index (χ1) is 13.6. The van der Waals surface area contributed by atoms with Crippen LogP contribution >= 0.6 is 0 Å². The molecular formula is C23H26N2O3. The number of carbonyl (C=O) groups is 2. The Morgan fingerprint density at radius 1 is 1.04 bits per heavy atom. The number of benzene rings is 2. The van der Waals surface area contributed by atoms with Crippen LogP contribution in [0.15, 0.2) is 48.5 Å². The number of rotatable bonds is 5. The van der Waals surface area contributed by atoms with Crippen molar-refractivity contribution in [1.82, 2.24) is 10.2 Å². The average Bonchev–Trinajstić information content (AvgIpc) is 3.41. The van der Waals surface area contributed by atoms with Crippen LogP contribution in [0, 0.1) is 12.8 Å². The smallest absolute Gasteiger partial charge is 0.253 e. The molecule has 4 rings (SSSR count). The number of carbonyl (C=O) groups excluding carboxylic acids is 2.